The van der Waals surface area contributed by atoms with Crippen LogP contribution in [0, 0.1) is 6.92 Å². The van der Waals surface area contributed by atoms with Crippen LogP contribution in [0.5, 0.6) is 0 Å². The van der Waals surface area contributed by atoms with Crippen LogP contribution in [-0.4, -0.2) is 4.98 Å². The second-order valence-corrected chi connectivity index (χ2v) is 3.28. The lowest BCUT2D eigenvalue weighted by Crippen LogP contribution is -1.92. The molecule has 2 N–H and O–H groups in total. The molecule has 2 rings (SSSR count). The summed E-state index contributed by atoms with van der Waals surface area (Å²) in [5, 5.41) is 0. The smallest absolute Gasteiger partial charge is 0.0580 e. The Morgan fingerprint density at radius 3 is 2.57 bits per heavy atom. The second-order valence-electron chi connectivity index (χ2n) is 3.28. The fraction of sp³-hybridized carbons (Fsp3) is 0.0833. The van der Waals surface area contributed by atoms with Gasteiger partial charge in [0.25, 0.3) is 0 Å². The molecule has 0 saturated heterocycles. The van der Waals surface area contributed by atoms with E-state index in [-0.39, 0.29) is 0 Å². The number of hydrogen-bond acceptors (Lipinski definition) is 2. The number of aryl methyl sites for hydroxylation is 1. The van der Waals surface area contributed by atoms with Gasteiger partial charge in [-0.1, -0.05) is 30.3 Å². The van der Waals surface area contributed by atoms with Gasteiger partial charge in [0.15, 0.2) is 0 Å². The van der Waals surface area contributed by atoms with Crippen molar-refractivity contribution in [1.29, 1.82) is 0 Å². The first-order valence-corrected chi connectivity index (χ1v) is 4.55. The molecule has 14 heavy (non-hydrogen) atoms. The monoisotopic (exact) mass is 184 g/mol. The van der Waals surface area contributed by atoms with E-state index in [1.807, 2.05) is 43.3 Å². The van der Waals surface area contributed by atoms with Crippen molar-refractivity contribution in [2.24, 2.45) is 0 Å². The lowest BCUT2D eigenvalue weighted by molar-refractivity contribution is 1.21. The molecule has 1 aromatic heterocycles. The maximum atomic E-state index is 5.86. The van der Waals surface area contributed by atoms with Gasteiger partial charge in [0.1, 0.15) is 0 Å². The van der Waals surface area contributed by atoms with Gasteiger partial charge in [-0.25, -0.2) is 0 Å². The number of nitrogen functional groups attached to an aromatic ring is 1. The van der Waals surface area contributed by atoms with Crippen molar-refractivity contribution < 1.29 is 0 Å². The van der Waals surface area contributed by atoms with Crippen molar-refractivity contribution in [1.82, 2.24) is 4.98 Å². The van der Waals surface area contributed by atoms with Gasteiger partial charge < -0.3 is 5.73 Å². The first kappa shape index (κ1) is 8.75. The van der Waals surface area contributed by atoms with E-state index < -0.39 is 0 Å². The Kier molecular flexibility index (Phi) is 2.19. The lowest BCUT2D eigenvalue weighted by atomic mass is 10.0. The molecule has 0 amide bonds. The number of anilines is 1. The molecule has 2 aromatic rings. The average molecular weight is 184 g/mol. The van der Waals surface area contributed by atoms with Crippen LogP contribution >= 0.6 is 0 Å². The van der Waals surface area contributed by atoms with Crippen LogP contribution in [0.1, 0.15) is 5.69 Å². The third-order valence-corrected chi connectivity index (χ3v) is 2.16. The van der Waals surface area contributed by atoms with Gasteiger partial charge in [-0.3, -0.25) is 4.98 Å². The minimum absolute atomic E-state index is 0.724. The molecule has 2 heteroatoms. The van der Waals surface area contributed by atoms with Crippen LogP contribution in [-0.2, 0) is 0 Å². The third-order valence-electron chi connectivity index (χ3n) is 2.16. The number of pyridine rings is 1. The molecule has 1 heterocycles. The van der Waals surface area contributed by atoms with E-state index in [0.717, 1.165) is 22.5 Å². The predicted octanol–water partition coefficient (Wildman–Crippen LogP) is 2.64. The SMILES string of the molecule is Cc1cc(-c2ccccc2)c(N)cn1. The zero-order valence-corrected chi connectivity index (χ0v) is 8.07. The van der Waals surface area contributed by atoms with Gasteiger partial charge in [0, 0.05) is 11.3 Å². The van der Waals surface area contributed by atoms with Crippen molar-refractivity contribution in [3.63, 3.8) is 0 Å². The van der Waals surface area contributed by atoms with Crippen LogP contribution in [0.2, 0.25) is 0 Å². The van der Waals surface area contributed by atoms with E-state index in [4.69, 9.17) is 5.73 Å². The topological polar surface area (TPSA) is 38.9 Å². The molecule has 0 fully saturated rings. The van der Waals surface area contributed by atoms with Crippen LogP contribution in [0.3, 0.4) is 0 Å². The molecule has 0 atom stereocenters. The number of hydrogen-bond donors (Lipinski definition) is 1. The highest BCUT2D eigenvalue weighted by Crippen LogP contribution is 2.24. The standard InChI is InChI=1S/C12H12N2/c1-9-7-11(12(13)8-14-9)10-5-3-2-4-6-10/h2-8H,13H2,1H3. The molecular weight excluding hydrogens is 172 g/mol. The van der Waals surface area contributed by atoms with Crippen LogP contribution in [0.25, 0.3) is 11.1 Å². The van der Waals surface area contributed by atoms with Crippen LogP contribution < -0.4 is 5.73 Å². The highest BCUT2D eigenvalue weighted by Gasteiger charge is 2.01. The minimum Gasteiger partial charge on any atom is -0.397 e. The lowest BCUT2D eigenvalue weighted by Gasteiger charge is -2.05. The number of benzene rings is 1. The first-order chi connectivity index (χ1) is 6.77. The molecule has 0 radical (unpaired) electrons. The van der Waals surface area contributed by atoms with Gasteiger partial charge in [0.2, 0.25) is 0 Å². The van der Waals surface area contributed by atoms with E-state index in [1.54, 1.807) is 6.20 Å². The largest absolute Gasteiger partial charge is 0.397 e. The molecule has 70 valence electrons. The molecule has 1 aromatic carbocycles. The van der Waals surface area contributed by atoms with E-state index in [2.05, 4.69) is 4.98 Å². The van der Waals surface area contributed by atoms with Crippen LogP contribution in [0.4, 0.5) is 5.69 Å². The Labute approximate surface area is 83.4 Å². The number of aromatic nitrogens is 1. The molecule has 0 bridgehead atoms. The summed E-state index contributed by atoms with van der Waals surface area (Å²) in [6, 6.07) is 12.1. The Balaban J connectivity index is 2.57. The van der Waals surface area contributed by atoms with Crippen molar-refractivity contribution >= 4 is 5.69 Å². The van der Waals surface area contributed by atoms with Crippen molar-refractivity contribution in [3.05, 3.63) is 48.3 Å². The molecule has 0 aliphatic rings. The Morgan fingerprint density at radius 1 is 1.14 bits per heavy atom. The minimum atomic E-state index is 0.724. The summed E-state index contributed by atoms with van der Waals surface area (Å²) in [6.07, 6.45) is 1.71. The highest BCUT2D eigenvalue weighted by atomic mass is 14.7. The number of nitrogens with zero attached hydrogens (tertiary/aromatic N) is 1. The Bertz CT molecular complexity index is 435. The second kappa shape index (κ2) is 3.50. The first-order valence-electron chi connectivity index (χ1n) is 4.55. The molecule has 0 spiro atoms. The third kappa shape index (κ3) is 1.59. The molecular formula is C12H12N2. The summed E-state index contributed by atoms with van der Waals surface area (Å²) in [5.74, 6) is 0. The molecule has 0 unspecified atom stereocenters. The molecule has 0 aliphatic heterocycles. The number of nitrogens with two attached hydrogens (primary N) is 1. The average Bonchev–Trinajstić information content (AvgIpc) is 2.23. The van der Waals surface area contributed by atoms with Gasteiger partial charge in [-0.2, -0.15) is 0 Å². The summed E-state index contributed by atoms with van der Waals surface area (Å²) in [4.78, 5) is 4.14. The van der Waals surface area contributed by atoms with Crippen LogP contribution in [0.15, 0.2) is 42.6 Å². The van der Waals surface area contributed by atoms with Gasteiger partial charge in [0.05, 0.1) is 11.9 Å². The fourth-order valence-electron chi connectivity index (χ4n) is 1.44. The van der Waals surface area contributed by atoms with Gasteiger partial charge in [-0.05, 0) is 18.6 Å². The Hall–Kier alpha value is -1.83. The van der Waals surface area contributed by atoms with Gasteiger partial charge >= 0.3 is 0 Å². The molecule has 0 saturated carbocycles. The summed E-state index contributed by atoms with van der Waals surface area (Å²) in [6.45, 7) is 1.96. The Morgan fingerprint density at radius 2 is 1.86 bits per heavy atom. The summed E-state index contributed by atoms with van der Waals surface area (Å²) < 4.78 is 0. The molecule has 2 nitrogen and oxygen atoms in total. The quantitative estimate of drug-likeness (QED) is 0.740. The zero-order chi connectivity index (χ0) is 9.97. The van der Waals surface area contributed by atoms with E-state index >= 15 is 0 Å². The van der Waals surface area contributed by atoms with Crippen molar-refractivity contribution in [2.75, 3.05) is 5.73 Å². The summed E-state index contributed by atoms with van der Waals surface area (Å²) in [7, 11) is 0. The van der Waals surface area contributed by atoms with Crippen molar-refractivity contribution in [3.8, 4) is 11.1 Å². The maximum Gasteiger partial charge on any atom is 0.0580 e. The summed E-state index contributed by atoms with van der Waals surface area (Å²) >= 11 is 0. The summed E-state index contributed by atoms with van der Waals surface area (Å²) in [5.41, 5.74) is 9.76. The van der Waals surface area contributed by atoms with E-state index in [9.17, 15) is 0 Å². The zero-order valence-electron chi connectivity index (χ0n) is 8.07. The van der Waals surface area contributed by atoms with E-state index in [0.29, 0.717) is 0 Å². The fourth-order valence-corrected chi connectivity index (χ4v) is 1.44. The number of rotatable bonds is 1. The molecule has 0 aliphatic carbocycles. The normalized spacial score (nSPS) is 10.1. The van der Waals surface area contributed by atoms with E-state index in [1.165, 1.54) is 0 Å². The maximum absolute atomic E-state index is 5.86. The van der Waals surface area contributed by atoms with Gasteiger partial charge in [-0.15, -0.1) is 0 Å². The highest BCUT2D eigenvalue weighted by molar-refractivity contribution is 5.75. The van der Waals surface area contributed by atoms with Crippen molar-refractivity contribution in [2.45, 2.75) is 6.92 Å². The predicted molar refractivity (Wildman–Crippen MR) is 58.8 cm³/mol.